The average Bonchev–Trinajstić information content (AvgIpc) is 2.40. The van der Waals surface area contributed by atoms with Gasteiger partial charge in [0.2, 0.25) is 10.0 Å². The highest BCUT2D eigenvalue weighted by Crippen LogP contribution is 2.35. The van der Waals surface area contributed by atoms with Gasteiger partial charge in [-0.05, 0) is 36.5 Å². The molecule has 112 valence electrons. The van der Waals surface area contributed by atoms with Crippen LogP contribution in [-0.2, 0) is 10.0 Å². The van der Waals surface area contributed by atoms with Crippen molar-refractivity contribution in [1.29, 1.82) is 0 Å². The van der Waals surface area contributed by atoms with Crippen molar-refractivity contribution in [2.24, 2.45) is 5.41 Å². The second-order valence-corrected chi connectivity index (χ2v) is 7.62. The van der Waals surface area contributed by atoms with E-state index in [9.17, 15) is 12.8 Å². The maximum Gasteiger partial charge on any atom is 0.243 e. The molecule has 0 spiro atoms. The molecule has 0 atom stereocenters. The Labute approximate surface area is 119 Å². The Hall–Kier alpha value is -1.14. The van der Waals surface area contributed by atoms with Crippen LogP contribution in [0.1, 0.15) is 39.0 Å². The minimum atomic E-state index is -3.86. The first-order valence-corrected chi connectivity index (χ1v) is 8.35. The molecule has 0 unspecified atom stereocenters. The lowest BCUT2D eigenvalue weighted by Crippen LogP contribution is -2.37. The van der Waals surface area contributed by atoms with Crippen molar-refractivity contribution in [3.63, 3.8) is 0 Å². The summed E-state index contributed by atoms with van der Waals surface area (Å²) in [5, 5.41) is 0. The molecule has 6 heteroatoms. The standard InChI is InChI=1S/C14H21FN2O2S/c1-14(7-3-2-4-8-14)10-17-20(18,19)13-9-11(16)5-6-12(13)15/h5-6,9,17H,2-4,7-8,10,16H2,1H3. The molecule has 1 aromatic carbocycles. The molecule has 1 aliphatic rings. The highest BCUT2D eigenvalue weighted by Gasteiger charge is 2.29. The predicted octanol–water partition coefficient (Wildman–Crippen LogP) is 2.66. The van der Waals surface area contributed by atoms with Crippen LogP contribution in [0.5, 0.6) is 0 Å². The SMILES string of the molecule is CC1(CNS(=O)(=O)c2cc(N)ccc2F)CCCCC1. The van der Waals surface area contributed by atoms with Gasteiger partial charge in [0.05, 0.1) is 0 Å². The van der Waals surface area contributed by atoms with E-state index in [1.54, 1.807) is 0 Å². The number of anilines is 1. The van der Waals surface area contributed by atoms with Gasteiger partial charge in [0.25, 0.3) is 0 Å². The van der Waals surface area contributed by atoms with Crippen LogP contribution in [0.25, 0.3) is 0 Å². The molecule has 0 aromatic heterocycles. The summed E-state index contributed by atoms with van der Waals surface area (Å²) in [6.07, 6.45) is 5.42. The normalized spacial score (nSPS) is 18.9. The molecule has 0 radical (unpaired) electrons. The predicted molar refractivity (Wildman–Crippen MR) is 77.2 cm³/mol. The Kier molecular flexibility index (Phi) is 4.34. The van der Waals surface area contributed by atoms with E-state index in [4.69, 9.17) is 5.73 Å². The maximum atomic E-state index is 13.7. The number of benzene rings is 1. The molecule has 1 aliphatic carbocycles. The van der Waals surface area contributed by atoms with Crippen LogP contribution in [-0.4, -0.2) is 15.0 Å². The Morgan fingerprint density at radius 3 is 2.60 bits per heavy atom. The van der Waals surface area contributed by atoms with E-state index in [-0.39, 0.29) is 16.0 Å². The van der Waals surface area contributed by atoms with Crippen molar-refractivity contribution >= 4 is 15.7 Å². The van der Waals surface area contributed by atoms with E-state index >= 15 is 0 Å². The Balaban J connectivity index is 2.13. The van der Waals surface area contributed by atoms with E-state index in [1.165, 1.54) is 12.5 Å². The fraction of sp³-hybridized carbons (Fsp3) is 0.571. The summed E-state index contributed by atoms with van der Waals surface area (Å²) < 4.78 is 40.5. The van der Waals surface area contributed by atoms with Gasteiger partial charge in [0.15, 0.2) is 0 Å². The topological polar surface area (TPSA) is 72.2 Å². The number of nitrogens with one attached hydrogen (secondary N) is 1. The third kappa shape index (κ3) is 3.49. The molecule has 0 heterocycles. The van der Waals surface area contributed by atoms with Crippen molar-refractivity contribution in [3.05, 3.63) is 24.0 Å². The lowest BCUT2D eigenvalue weighted by molar-refractivity contribution is 0.219. The Morgan fingerprint density at radius 1 is 1.30 bits per heavy atom. The van der Waals surface area contributed by atoms with Crippen LogP contribution >= 0.6 is 0 Å². The molecule has 2 rings (SSSR count). The zero-order chi connectivity index (χ0) is 14.8. The molecular formula is C14H21FN2O2S. The maximum absolute atomic E-state index is 13.7. The zero-order valence-electron chi connectivity index (χ0n) is 11.7. The number of hydrogen-bond donors (Lipinski definition) is 2. The Bertz CT molecular complexity index is 581. The largest absolute Gasteiger partial charge is 0.399 e. The molecule has 3 N–H and O–H groups in total. The van der Waals surface area contributed by atoms with Gasteiger partial charge in [0.1, 0.15) is 10.7 Å². The van der Waals surface area contributed by atoms with Gasteiger partial charge >= 0.3 is 0 Å². The van der Waals surface area contributed by atoms with Crippen molar-refractivity contribution in [1.82, 2.24) is 4.72 Å². The van der Waals surface area contributed by atoms with Crippen molar-refractivity contribution in [3.8, 4) is 0 Å². The first-order valence-electron chi connectivity index (χ1n) is 6.87. The lowest BCUT2D eigenvalue weighted by atomic mass is 9.76. The highest BCUT2D eigenvalue weighted by molar-refractivity contribution is 7.89. The fourth-order valence-corrected chi connectivity index (χ4v) is 3.96. The van der Waals surface area contributed by atoms with E-state index in [0.717, 1.165) is 37.8 Å². The van der Waals surface area contributed by atoms with Crippen LogP contribution in [0.2, 0.25) is 0 Å². The van der Waals surface area contributed by atoms with E-state index in [1.807, 2.05) is 0 Å². The smallest absolute Gasteiger partial charge is 0.243 e. The molecule has 0 bridgehead atoms. The van der Waals surface area contributed by atoms with Gasteiger partial charge in [-0.1, -0.05) is 26.2 Å². The first-order chi connectivity index (χ1) is 9.32. The van der Waals surface area contributed by atoms with Crippen LogP contribution in [0.15, 0.2) is 23.1 Å². The van der Waals surface area contributed by atoms with E-state index < -0.39 is 15.8 Å². The summed E-state index contributed by atoms with van der Waals surface area (Å²) in [6, 6.07) is 3.57. The number of nitrogen functional groups attached to an aromatic ring is 1. The van der Waals surface area contributed by atoms with Crippen LogP contribution < -0.4 is 10.5 Å². The molecule has 4 nitrogen and oxygen atoms in total. The average molecular weight is 300 g/mol. The Morgan fingerprint density at radius 2 is 1.95 bits per heavy atom. The van der Waals surface area contributed by atoms with Gasteiger partial charge < -0.3 is 5.73 Å². The lowest BCUT2D eigenvalue weighted by Gasteiger charge is -2.33. The zero-order valence-corrected chi connectivity index (χ0v) is 12.5. The molecule has 1 saturated carbocycles. The summed E-state index contributed by atoms with van der Waals surface area (Å²) in [5.74, 6) is -0.777. The number of sulfonamides is 1. The van der Waals surface area contributed by atoms with Crippen molar-refractivity contribution < 1.29 is 12.8 Å². The van der Waals surface area contributed by atoms with Gasteiger partial charge in [-0.2, -0.15) is 0 Å². The third-order valence-corrected chi connectivity index (χ3v) is 5.41. The van der Waals surface area contributed by atoms with Crippen LogP contribution in [0, 0.1) is 11.2 Å². The first kappa shape index (κ1) is 15.3. The summed E-state index contributed by atoms with van der Waals surface area (Å²) >= 11 is 0. The van der Waals surface area contributed by atoms with E-state index in [2.05, 4.69) is 11.6 Å². The molecule has 20 heavy (non-hydrogen) atoms. The molecular weight excluding hydrogens is 279 g/mol. The van der Waals surface area contributed by atoms with Gasteiger partial charge in [0, 0.05) is 12.2 Å². The number of rotatable bonds is 4. The van der Waals surface area contributed by atoms with Crippen LogP contribution in [0.4, 0.5) is 10.1 Å². The third-order valence-electron chi connectivity index (χ3n) is 3.99. The van der Waals surface area contributed by atoms with E-state index in [0.29, 0.717) is 6.54 Å². The summed E-state index contributed by atoms with van der Waals surface area (Å²) in [5.41, 5.74) is 5.72. The molecule has 0 aliphatic heterocycles. The summed E-state index contributed by atoms with van der Waals surface area (Å²) in [7, 11) is -3.86. The fourth-order valence-electron chi connectivity index (χ4n) is 2.65. The molecule has 1 fully saturated rings. The second-order valence-electron chi connectivity index (χ2n) is 5.89. The van der Waals surface area contributed by atoms with Crippen molar-refractivity contribution in [2.75, 3.05) is 12.3 Å². The summed E-state index contributed by atoms with van der Waals surface area (Å²) in [6.45, 7) is 2.41. The van der Waals surface area contributed by atoms with Gasteiger partial charge in [-0.3, -0.25) is 0 Å². The minimum Gasteiger partial charge on any atom is -0.399 e. The molecule has 0 saturated heterocycles. The number of halogens is 1. The summed E-state index contributed by atoms with van der Waals surface area (Å²) in [4.78, 5) is -0.378. The van der Waals surface area contributed by atoms with Crippen LogP contribution in [0.3, 0.4) is 0 Å². The van der Waals surface area contributed by atoms with Crippen molar-refractivity contribution in [2.45, 2.75) is 43.9 Å². The van der Waals surface area contributed by atoms with Gasteiger partial charge in [-0.15, -0.1) is 0 Å². The molecule has 0 amide bonds. The monoisotopic (exact) mass is 300 g/mol. The number of nitrogens with two attached hydrogens (primary N) is 1. The minimum absolute atomic E-state index is 0.0396. The second kappa shape index (κ2) is 5.69. The quantitative estimate of drug-likeness (QED) is 0.840. The highest BCUT2D eigenvalue weighted by atomic mass is 32.2. The molecule has 1 aromatic rings. The number of hydrogen-bond acceptors (Lipinski definition) is 3. The van der Waals surface area contributed by atoms with Gasteiger partial charge in [-0.25, -0.2) is 17.5 Å².